The molecule has 0 spiro atoms. The highest BCUT2D eigenvalue weighted by molar-refractivity contribution is 5.23. The zero-order valence-corrected chi connectivity index (χ0v) is 10.8. The van der Waals surface area contributed by atoms with Crippen molar-refractivity contribution in [2.24, 2.45) is 5.92 Å². The third kappa shape index (κ3) is 3.73. The fourth-order valence-electron chi connectivity index (χ4n) is 2.65. The molecule has 0 aliphatic carbocycles. The summed E-state index contributed by atoms with van der Waals surface area (Å²) in [6, 6.07) is 1.85. The molecule has 1 saturated heterocycles. The first-order chi connectivity index (χ1) is 8.28. The van der Waals surface area contributed by atoms with Crippen molar-refractivity contribution in [2.45, 2.75) is 39.2 Å². The van der Waals surface area contributed by atoms with Gasteiger partial charge in [0.2, 0.25) is 0 Å². The Hall–Kier alpha value is -1.03. The van der Waals surface area contributed by atoms with Crippen molar-refractivity contribution in [3.63, 3.8) is 0 Å². The van der Waals surface area contributed by atoms with Crippen molar-refractivity contribution in [1.29, 1.82) is 0 Å². The number of anilines is 1. The lowest BCUT2D eigenvalue weighted by atomic mass is 9.92. The Bertz CT molecular complexity index is 326. The highest BCUT2D eigenvalue weighted by Gasteiger charge is 2.17. The van der Waals surface area contributed by atoms with E-state index in [0.29, 0.717) is 5.82 Å². The molecule has 2 rings (SSSR count). The van der Waals surface area contributed by atoms with E-state index in [1.165, 1.54) is 38.8 Å². The molecular weight excluding hydrogens is 212 g/mol. The molecule has 96 valence electrons. The second-order valence-corrected chi connectivity index (χ2v) is 5.08. The monoisotopic (exact) mass is 236 g/mol. The number of aromatic nitrogens is 2. The van der Waals surface area contributed by atoms with Crippen molar-refractivity contribution >= 4 is 5.82 Å². The average Bonchev–Trinajstić information content (AvgIpc) is 2.75. The molecule has 1 aliphatic rings. The van der Waals surface area contributed by atoms with Crippen LogP contribution in [-0.4, -0.2) is 34.3 Å². The number of nitrogens with two attached hydrogens (primary N) is 1. The fraction of sp³-hybridized carbons (Fsp3) is 0.769. The van der Waals surface area contributed by atoms with Gasteiger partial charge in [0.05, 0.1) is 6.54 Å². The van der Waals surface area contributed by atoms with E-state index in [9.17, 15) is 0 Å². The van der Waals surface area contributed by atoms with Gasteiger partial charge in [-0.05, 0) is 37.9 Å². The molecule has 1 aliphatic heterocycles. The Kier molecular flexibility index (Phi) is 4.42. The van der Waals surface area contributed by atoms with E-state index in [-0.39, 0.29) is 0 Å². The molecule has 2 heterocycles. The number of hydrogen-bond donors (Lipinski definition) is 1. The van der Waals surface area contributed by atoms with Gasteiger partial charge in [-0.2, -0.15) is 5.10 Å². The quantitative estimate of drug-likeness (QED) is 0.850. The van der Waals surface area contributed by atoms with Crippen LogP contribution in [0.3, 0.4) is 0 Å². The molecule has 4 heteroatoms. The van der Waals surface area contributed by atoms with E-state index in [0.717, 1.165) is 19.0 Å². The maximum Gasteiger partial charge on any atom is 0.145 e. The van der Waals surface area contributed by atoms with E-state index in [4.69, 9.17) is 5.73 Å². The predicted molar refractivity (Wildman–Crippen MR) is 70.7 cm³/mol. The minimum atomic E-state index is 0.617. The van der Waals surface area contributed by atoms with Crippen molar-refractivity contribution < 1.29 is 0 Å². The largest absolute Gasteiger partial charge is 0.382 e. The average molecular weight is 236 g/mol. The lowest BCUT2D eigenvalue weighted by molar-refractivity contribution is 0.171. The van der Waals surface area contributed by atoms with Gasteiger partial charge < -0.3 is 10.6 Å². The number of rotatable bonds is 5. The molecule has 1 fully saturated rings. The van der Waals surface area contributed by atoms with Gasteiger partial charge in [-0.3, -0.25) is 4.68 Å². The first-order valence-corrected chi connectivity index (χ1v) is 6.79. The van der Waals surface area contributed by atoms with Crippen molar-refractivity contribution in [2.75, 3.05) is 25.4 Å². The smallest absolute Gasteiger partial charge is 0.145 e. The maximum atomic E-state index is 5.59. The van der Waals surface area contributed by atoms with E-state index in [2.05, 4.69) is 16.9 Å². The van der Waals surface area contributed by atoms with E-state index in [1.54, 1.807) is 0 Å². The molecule has 0 bridgehead atoms. The molecule has 4 nitrogen and oxygen atoms in total. The second-order valence-electron chi connectivity index (χ2n) is 5.08. The summed E-state index contributed by atoms with van der Waals surface area (Å²) >= 11 is 0. The van der Waals surface area contributed by atoms with Crippen molar-refractivity contribution in [3.05, 3.63) is 12.3 Å². The summed E-state index contributed by atoms with van der Waals surface area (Å²) in [5, 5.41) is 4.21. The Morgan fingerprint density at radius 1 is 1.35 bits per heavy atom. The van der Waals surface area contributed by atoms with Crippen molar-refractivity contribution in [1.82, 2.24) is 14.7 Å². The van der Waals surface area contributed by atoms with Crippen LogP contribution in [0.2, 0.25) is 0 Å². The Labute approximate surface area is 104 Å². The maximum absolute atomic E-state index is 5.59. The van der Waals surface area contributed by atoms with Gasteiger partial charge in [0.15, 0.2) is 0 Å². The second kappa shape index (κ2) is 6.05. The SMILES string of the molecule is CCCC1CCN(CCn2ccc(N)n2)CC1. The first-order valence-electron chi connectivity index (χ1n) is 6.79. The van der Waals surface area contributed by atoms with Crippen LogP contribution in [0.4, 0.5) is 5.82 Å². The third-order valence-corrected chi connectivity index (χ3v) is 3.71. The number of hydrogen-bond acceptors (Lipinski definition) is 3. The Morgan fingerprint density at radius 2 is 2.12 bits per heavy atom. The molecule has 0 amide bonds. The normalized spacial score (nSPS) is 18.6. The highest BCUT2D eigenvalue weighted by atomic mass is 15.3. The van der Waals surface area contributed by atoms with Crippen LogP contribution in [0.25, 0.3) is 0 Å². The van der Waals surface area contributed by atoms with Crippen LogP contribution >= 0.6 is 0 Å². The summed E-state index contributed by atoms with van der Waals surface area (Å²) in [5.74, 6) is 1.59. The number of piperidine rings is 1. The third-order valence-electron chi connectivity index (χ3n) is 3.71. The standard InChI is InChI=1S/C13H24N4/c1-2-3-12-4-7-16(8-5-12)10-11-17-9-6-13(14)15-17/h6,9,12H,2-5,7-8,10-11H2,1H3,(H2,14,15). The van der Waals surface area contributed by atoms with Crippen LogP contribution < -0.4 is 5.73 Å². The van der Waals surface area contributed by atoms with Gasteiger partial charge in [0, 0.05) is 12.7 Å². The lowest BCUT2D eigenvalue weighted by Crippen LogP contribution is -2.35. The molecular formula is C13H24N4. The molecule has 1 aromatic rings. The Balaban J connectivity index is 1.68. The summed E-state index contributed by atoms with van der Waals surface area (Å²) in [6.45, 7) is 6.84. The zero-order valence-electron chi connectivity index (χ0n) is 10.8. The number of nitrogens with zero attached hydrogens (tertiary/aromatic N) is 3. The molecule has 2 N–H and O–H groups in total. The first kappa shape index (κ1) is 12.4. The van der Waals surface area contributed by atoms with E-state index < -0.39 is 0 Å². The minimum absolute atomic E-state index is 0.617. The summed E-state index contributed by atoms with van der Waals surface area (Å²) in [6.07, 6.45) is 7.43. The van der Waals surface area contributed by atoms with E-state index in [1.807, 2.05) is 16.9 Å². The van der Waals surface area contributed by atoms with Gasteiger partial charge in [0.25, 0.3) is 0 Å². The summed E-state index contributed by atoms with van der Waals surface area (Å²) in [7, 11) is 0. The summed E-state index contributed by atoms with van der Waals surface area (Å²) in [5.41, 5.74) is 5.59. The zero-order chi connectivity index (χ0) is 12.1. The van der Waals surface area contributed by atoms with Crippen molar-refractivity contribution in [3.8, 4) is 0 Å². The minimum Gasteiger partial charge on any atom is -0.382 e. The van der Waals surface area contributed by atoms with Gasteiger partial charge in [0.1, 0.15) is 5.82 Å². The van der Waals surface area contributed by atoms with Gasteiger partial charge in [-0.15, -0.1) is 0 Å². The molecule has 0 unspecified atom stereocenters. The van der Waals surface area contributed by atoms with Crippen LogP contribution in [0.1, 0.15) is 32.6 Å². The summed E-state index contributed by atoms with van der Waals surface area (Å²) < 4.78 is 1.94. The fourth-order valence-corrected chi connectivity index (χ4v) is 2.65. The Morgan fingerprint density at radius 3 is 2.71 bits per heavy atom. The molecule has 0 aromatic carbocycles. The lowest BCUT2D eigenvalue weighted by Gasteiger charge is -2.31. The van der Waals surface area contributed by atoms with Crippen LogP contribution in [-0.2, 0) is 6.54 Å². The van der Waals surface area contributed by atoms with Crippen LogP contribution in [0.5, 0.6) is 0 Å². The van der Waals surface area contributed by atoms with Crippen LogP contribution in [0, 0.1) is 5.92 Å². The molecule has 0 saturated carbocycles. The van der Waals surface area contributed by atoms with Gasteiger partial charge in [-0.1, -0.05) is 19.8 Å². The molecule has 1 aromatic heterocycles. The number of nitrogen functional groups attached to an aromatic ring is 1. The van der Waals surface area contributed by atoms with E-state index >= 15 is 0 Å². The predicted octanol–water partition coefficient (Wildman–Crippen LogP) is 1.98. The van der Waals surface area contributed by atoms with Gasteiger partial charge in [-0.25, -0.2) is 0 Å². The summed E-state index contributed by atoms with van der Waals surface area (Å²) in [4.78, 5) is 2.55. The molecule has 0 atom stereocenters. The topological polar surface area (TPSA) is 47.1 Å². The van der Waals surface area contributed by atoms with Gasteiger partial charge >= 0.3 is 0 Å². The number of likely N-dealkylation sites (tertiary alicyclic amines) is 1. The molecule has 0 radical (unpaired) electrons. The van der Waals surface area contributed by atoms with Crippen LogP contribution in [0.15, 0.2) is 12.3 Å². The highest BCUT2D eigenvalue weighted by Crippen LogP contribution is 2.21. The molecule has 17 heavy (non-hydrogen) atoms.